The predicted molar refractivity (Wildman–Crippen MR) is 52.5 cm³/mol. The number of carboxylic acid groups (broad SMARTS) is 1. The summed E-state index contributed by atoms with van der Waals surface area (Å²) in [6, 6.07) is 1.52. The van der Waals surface area contributed by atoms with Crippen LogP contribution in [0.15, 0.2) is 23.0 Å². The lowest BCUT2D eigenvalue weighted by Crippen LogP contribution is -2.44. The van der Waals surface area contributed by atoms with E-state index in [1.165, 1.54) is 18.6 Å². The Balaban J connectivity index is 2.61. The van der Waals surface area contributed by atoms with Gasteiger partial charge in [0, 0.05) is 5.54 Å². The van der Waals surface area contributed by atoms with Crippen LogP contribution < -0.4 is 5.32 Å². The minimum atomic E-state index is -0.951. The number of carbonyl (C=O) groups is 2. The van der Waals surface area contributed by atoms with Gasteiger partial charge in [0.1, 0.15) is 6.26 Å². The average Bonchev–Trinajstić information content (AvgIpc) is 2.50. The van der Waals surface area contributed by atoms with Crippen LogP contribution in [0.3, 0.4) is 0 Å². The fourth-order valence-electron chi connectivity index (χ4n) is 1.20. The van der Waals surface area contributed by atoms with Crippen molar-refractivity contribution in [1.82, 2.24) is 5.32 Å². The van der Waals surface area contributed by atoms with Crippen LogP contribution in [0.25, 0.3) is 0 Å². The Bertz CT molecular complexity index is 354. The molecule has 2 N–H and O–H groups in total. The maximum atomic E-state index is 11.5. The third-order valence-corrected chi connectivity index (χ3v) is 1.83. The van der Waals surface area contributed by atoms with Crippen molar-refractivity contribution in [3.63, 3.8) is 0 Å². The molecule has 0 aliphatic heterocycles. The molecule has 0 bridgehead atoms. The number of carbonyl (C=O) groups excluding carboxylic acids is 1. The van der Waals surface area contributed by atoms with Crippen molar-refractivity contribution < 1.29 is 19.1 Å². The highest BCUT2D eigenvalue weighted by atomic mass is 16.4. The number of furan rings is 1. The summed E-state index contributed by atoms with van der Waals surface area (Å²) >= 11 is 0. The molecule has 15 heavy (non-hydrogen) atoms. The molecule has 0 unspecified atom stereocenters. The molecule has 1 amide bonds. The molecular formula is C10H13NO4. The van der Waals surface area contributed by atoms with Crippen molar-refractivity contribution in [3.8, 4) is 0 Å². The molecule has 0 fully saturated rings. The van der Waals surface area contributed by atoms with E-state index in [1.54, 1.807) is 13.8 Å². The van der Waals surface area contributed by atoms with Crippen LogP contribution in [-0.4, -0.2) is 22.5 Å². The van der Waals surface area contributed by atoms with Crippen LogP contribution in [0, 0.1) is 0 Å². The molecule has 0 aliphatic carbocycles. The van der Waals surface area contributed by atoms with Crippen molar-refractivity contribution in [2.75, 3.05) is 0 Å². The van der Waals surface area contributed by atoms with Crippen LogP contribution in [0.5, 0.6) is 0 Å². The molecule has 1 aromatic heterocycles. The van der Waals surface area contributed by atoms with E-state index in [9.17, 15) is 9.59 Å². The van der Waals surface area contributed by atoms with Gasteiger partial charge in [-0.1, -0.05) is 0 Å². The molecule has 1 aromatic rings. The number of hydrogen-bond acceptors (Lipinski definition) is 3. The second kappa shape index (κ2) is 4.16. The van der Waals surface area contributed by atoms with E-state index < -0.39 is 11.5 Å². The van der Waals surface area contributed by atoms with Gasteiger partial charge in [0.05, 0.1) is 18.2 Å². The van der Waals surface area contributed by atoms with Crippen LogP contribution >= 0.6 is 0 Å². The summed E-state index contributed by atoms with van der Waals surface area (Å²) in [4.78, 5) is 22.1. The van der Waals surface area contributed by atoms with E-state index in [1.807, 2.05) is 0 Å². The summed E-state index contributed by atoms with van der Waals surface area (Å²) in [7, 11) is 0. The minimum absolute atomic E-state index is 0.128. The lowest BCUT2D eigenvalue weighted by Gasteiger charge is -2.23. The highest BCUT2D eigenvalue weighted by molar-refractivity contribution is 5.94. The fraction of sp³-hybridized carbons (Fsp3) is 0.400. The molecule has 0 saturated heterocycles. The normalized spacial score (nSPS) is 11.1. The Morgan fingerprint density at radius 1 is 1.53 bits per heavy atom. The Kier molecular flexibility index (Phi) is 3.14. The van der Waals surface area contributed by atoms with Gasteiger partial charge in [0.25, 0.3) is 5.91 Å². The molecule has 0 aromatic carbocycles. The molecule has 5 nitrogen and oxygen atoms in total. The molecule has 82 valence electrons. The predicted octanol–water partition coefficient (Wildman–Crippen LogP) is 1.26. The number of rotatable bonds is 4. The molecular weight excluding hydrogens is 198 g/mol. The number of carboxylic acids is 1. The quantitative estimate of drug-likeness (QED) is 0.785. The zero-order valence-corrected chi connectivity index (χ0v) is 8.61. The zero-order valence-electron chi connectivity index (χ0n) is 8.61. The first-order valence-electron chi connectivity index (χ1n) is 4.47. The first-order valence-corrected chi connectivity index (χ1v) is 4.47. The Hall–Kier alpha value is -1.78. The topological polar surface area (TPSA) is 79.5 Å². The summed E-state index contributed by atoms with van der Waals surface area (Å²) in [5.74, 6) is -1.29. The highest BCUT2D eigenvalue weighted by Gasteiger charge is 2.24. The van der Waals surface area contributed by atoms with E-state index in [0.717, 1.165) is 0 Å². The fourth-order valence-corrected chi connectivity index (χ4v) is 1.20. The van der Waals surface area contributed by atoms with Gasteiger partial charge >= 0.3 is 5.97 Å². The van der Waals surface area contributed by atoms with Gasteiger partial charge < -0.3 is 14.8 Å². The molecule has 1 rings (SSSR count). The first kappa shape index (κ1) is 11.3. The molecule has 5 heteroatoms. The van der Waals surface area contributed by atoms with E-state index in [0.29, 0.717) is 5.56 Å². The zero-order chi connectivity index (χ0) is 11.5. The van der Waals surface area contributed by atoms with Crippen molar-refractivity contribution in [2.45, 2.75) is 25.8 Å². The molecule has 0 radical (unpaired) electrons. The van der Waals surface area contributed by atoms with Crippen LogP contribution in [-0.2, 0) is 4.79 Å². The summed E-state index contributed by atoms with van der Waals surface area (Å²) < 4.78 is 4.75. The third-order valence-electron chi connectivity index (χ3n) is 1.83. The Morgan fingerprint density at radius 3 is 2.67 bits per heavy atom. The van der Waals surface area contributed by atoms with Crippen molar-refractivity contribution in [2.24, 2.45) is 0 Å². The first-order chi connectivity index (χ1) is 6.91. The molecule has 0 saturated carbocycles. The molecule has 0 atom stereocenters. The van der Waals surface area contributed by atoms with E-state index in [2.05, 4.69) is 5.32 Å². The highest BCUT2D eigenvalue weighted by Crippen LogP contribution is 2.10. The molecule has 0 aliphatic rings. The van der Waals surface area contributed by atoms with Gasteiger partial charge in [-0.3, -0.25) is 9.59 Å². The van der Waals surface area contributed by atoms with Gasteiger partial charge in [-0.2, -0.15) is 0 Å². The van der Waals surface area contributed by atoms with Gasteiger partial charge in [-0.15, -0.1) is 0 Å². The number of hydrogen-bond donors (Lipinski definition) is 2. The monoisotopic (exact) mass is 211 g/mol. The van der Waals surface area contributed by atoms with Crippen molar-refractivity contribution in [3.05, 3.63) is 24.2 Å². The van der Waals surface area contributed by atoms with Crippen LogP contribution in [0.4, 0.5) is 0 Å². The number of amides is 1. The van der Waals surface area contributed by atoms with Gasteiger partial charge in [-0.05, 0) is 19.9 Å². The lowest BCUT2D eigenvalue weighted by molar-refractivity contribution is -0.138. The van der Waals surface area contributed by atoms with E-state index >= 15 is 0 Å². The van der Waals surface area contributed by atoms with Crippen LogP contribution in [0.1, 0.15) is 30.6 Å². The largest absolute Gasteiger partial charge is 0.481 e. The Labute approximate surface area is 87.1 Å². The molecule has 0 spiro atoms. The summed E-state index contributed by atoms with van der Waals surface area (Å²) in [6.45, 7) is 3.30. The van der Waals surface area contributed by atoms with Crippen molar-refractivity contribution in [1.29, 1.82) is 0 Å². The summed E-state index contributed by atoms with van der Waals surface area (Å²) in [6.07, 6.45) is 2.57. The molecule has 1 heterocycles. The number of nitrogens with one attached hydrogen (secondary N) is 1. The van der Waals surface area contributed by atoms with Gasteiger partial charge in [-0.25, -0.2) is 0 Å². The maximum absolute atomic E-state index is 11.5. The minimum Gasteiger partial charge on any atom is -0.481 e. The Morgan fingerprint density at radius 2 is 2.20 bits per heavy atom. The average molecular weight is 211 g/mol. The maximum Gasteiger partial charge on any atom is 0.305 e. The standard InChI is InChI=1S/C10H13NO4/c1-10(2,5-8(12)13)11-9(14)7-3-4-15-6-7/h3-4,6H,5H2,1-2H3,(H,11,14)(H,12,13). The smallest absolute Gasteiger partial charge is 0.305 e. The van der Waals surface area contributed by atoms with E-state index in [4.69, 9.17) is 9.52 Å². The lowest BCUT2D eigenvalue weighted by atomic mass is 10.0. The summed E-state index contributed by atoms with van der Waals surface area (Å²) in [5.41, 5.74) is -0.395. The van der Waals surface area contributed by atoms with Crippen molar-refractivity contribution >= 4 is 11.9 Å². The SMILES string of the molecule is CC(C)(CC(=O)O)NC(=O)c1ccoc1. The summed E-state index contributed by atoms with van der Waals surface area (Å²) in [5, 5.41) is 11.2. The van der Waals surface area contributed by atoms with E-state index in [-0.39, 0.29) is 12.3 Å². The second-order valence-corrected chi connectivity index (χ2v) is 3.92. The van der Waals surface area contributed by atoms with Gasteiger partial charge in [0.15, 0.2) is 0 Å². The number of aliphatic carboxylic acids is 1. The van der Waals surface area contributed by atoms with Crippen LogP contribution in [0.2, 0.25) is 0 Å². The van der Waals surface area contributed by atoms with Gasteiger partial charge in [0.2, 0.25) is 0 Å². The third kappa shape index (κ3) is 3.46. The second-order valence-electron chi connectivity index (χ2n) is 3.92.